The minimum absolute atomic E-state index is 0.0200. The van der Waals surface area contributed by atoms with Gasteiger partial charge in [-0.25, -0.2) is 28.1 Å². The van der Waals surface area contributed by atoms with Crippen molar-refractivity contribution in [2.45, 2.75) is 103 Å². The molecule has 2 N–H and O–H groups in total. The maximum absolute atomic E-state index is 15.6. The van der Waals surface area contributed by atoms with E-state index in [1.165, 1.54) is 36.2 Å². The van der Waals surface area contributed by atoms with Crippen LogP contribution in [0.3, 0.4) is 0 Å². The van der Waals surface area contributed by atoms with Crippen molar-refractivity contribution >= 4 is 17.5 Å². The first-order valence-electron chi connectivity index (χ1n) is 17.9. The smallest absolute Gasteiger partial charge is 0.287 e. The second-order valence-electron chi connectivity index (χ2n) is 14.0. The molecule has 5 rings (SSSR count). The lowest BCUT2D eigenvalue weighted by atomic mass is 9.82. The lowest BCUT2D eigenvalue weighted by molar-refractivity contribution is -0.159. The monoisotopic (exact) mass is 726 g/mol. The topological polar surface area (TPSA) is 90.5 Å². The standard InChI is InChI=1S/C39H47F5N6O2/c1-24-33(36(51)48-30-16-15-27(25(2)40)20-29(30)31-21-32(38(3,43)44)47-23-46-31)37(52)50(49(5)39(24)17-9-10-18-39)22-28-14-13-26(34(41)35(28)42)12-8-6-7-11-19-45-4/h13-16,20-21,23,25,45H,6-12,17-19,22H2,1-5H3,(H,48,51). The van der Waals surface area contributed by atoms with Crippen molar-refractivity contribution < 1.29 is 31.5 Å². The Morgan fingerprint density at radius 2 is 1.67 bits per heavy atom. The molecule has 1 aromatic heterocycles. The first kappa shape index (κ1) is 39.0. The molecule has 2 aromatic carbocycles. The van der Waals surface area contributed by atoms with E-state index in [-0.39, 0.29) is 45.8 Å². The Hall–Kier alpha value is -4.23. The number of alkyl halides is 3. The first-order valence-corrected chi connectivity index (χ1v) is 17.9. The number of hydrazine groups is 1. The Balaban J connectivity index is 1.46. The van der Waals surface area contributed by atoms with Gasteiger partial charge < -0.3 is 10.6 Å². The molecule has 1 atom stereocenters. The van der Waals surface area contributed by atoms with Crippen molar-refractivity contribution in [3.05, 3.63) is 87.9 Å². The van der Waals surface area contributed by atoms with Gasteiger partial charge in [-0.05, 0) is 94.4 Å². The van der Waals surface area contributed by atoms with E-state index < -0.39 is 46.8 Å². The summed E-state index contributed by atoms with van der Waals surface area (Å²) in [5, 5.41) is 8.90. The summed E-state index contributed by atoms with van der Waals surface area (Å²) >= 11 is 0. The molecule has 280 valence electrons. The molecule has 0 radical (unpaired) electrons. The van der Waals surface area contributed by atoms with Crippen molar-refractivity contribution in [2.75, 3.05) is 26.0 Å². The van der Waals surface area contributed by atoms with E-state index in [1.54, 1.807) is 25.0 Å². The van der Waals surface area contributed by atoms with E-state index in [0.29, 0.717) is 31.8 Å². The number of rotatable bonds is 14. The zero-order chi connectivity index (χ0) is 37.8. The van der Waals surface area contributed by atoms with Crippen molar-refractivity contribution in [1.82, 2.24) is 25.3 Å². The lowest BCUT2D eigenvalue weighted by Crippen LogP contribution is -2.61. The molecule has 3 aromatic rings. The minimum atomic E-state index is -3.29. The lowest BCUT2D eigenvalue weighted by Gasteiger charge is -2.50. The quantitative estimate of drug-likeness (QED) is 0.0987. The van der Waals surface area contributed by atoms with Gasteiger partial charge in [-0.1, -0.05) is 43.9 Å². The fraction of sp³-hybridized carbons (Fsp3) is 0.487. The fourth-order valence-corrected chi connectivity index (χ4v) is 7.37. The molecule has 1 saturated carbocycles. The SMILES string of the molecule is CNCCCCCCc1ccc(CN2C(=O)C(C(=O)Nc3ccc(C(C)F)cc3-c3cc(C(C)(F)F)ncn3)=C(C)C3(CCCC3)N2C)c(F)c1F. The molecule has 2 heterocycles. The molecular weight excluding hydrogens is 679 g/mol. The summed E-state index contributed by atoms with van der Waals surface area (Å²) in [6, 6.07) is 8.43. The van der Waals surface area contributed by atoms with Crippen LogP contribution in [0.1, 0.15) is 101 Å². The molecular formula is C39H47F5N6O2. The number of hydrogen-bond acceptors (Lipinski definition) is 6. The summed E-state index contributed by atoms with van der Waals surface area (Å²) in [4.78, 5) is 36.3. The van der Waals surface area contributed by atoms with Crippen LogP contribution in [0.15, 0.2) is 53.9 Å². The van der Waals surface area contributed by atoms with Crippen LogP contribution in [0.5, 0.6) is 0 Å². The number of benzene rings is 2. The summed E-state index contributed by atoms with van der Waals surface area (Å²) < 4.78 is 73.8. The Morgan fingerprint density at radius 3 is 2.35 bits per heavy atom. The van der Waals surface area contributed by atoms with Crippen LogP contribution in [-0.4, -0.2) is 58.0 Å². The van der Waals surface area contributed by atoms with Gasteiger partial charge in [0.05, 0.1) is 23.5 Å². The third-order valence-electron chi connectivity index (χ3n) is 10.5. The van der Waals surface area contributed by atoms with Gasteiger partial charge >= 0.3 is 0 Å². The number of aryl methyl sites for hydroxylation is 1. The van der Waals surface area contributed by atoms with Crippen LogP contribution in [0.25, 0.3) is 11.3 Å². The highest BCUT2D eigenvalue weighted by atomic mass is 19.3. The number of anilines is 1. The predicted molar refractivity (Wildman–Crippen MR) is 190 cm³/mol. The van der Waals surface area contributed by atoms with Gasteiger partial charge in [0.2, 0.25) is 0 Å². The van der Waals surface area contributed by atoms with E-state index in [1.807, 2.05) is 7.05 Å². The van der Waals surface area contributed by atoms with Crippen molar-refractivity contribution in [1.29, 1.82) is 0 Å². The second kappa shape index (κ2) is 16.2. The number of likely N-dealkylation sites (N-methyl/N-ethyl adjacent to an activating group) is 1. The Kier molecular flexibility index (Phi) is 12.1. The largest absolute Gasteiger partial charge is 0.321 e. The van der Waals surface area contributed by atoms with E-state index in [0.717, 1.165) is 57.5 Å². The highest BCUT2D eigenvalue weighted by Gasteiger charge is 2.50. The van der Waals surface area contributed by atoms with E-state index in [9.17, 15) is 22.8 Å². The fourth-order valence-electron chi connectivity index (χ4n) is 7.37. The summed E-state index contributed by atoms with van der Waals surface area (Å²) in [6.45, 7) is 4.34. The Bertz CT molecular complexity index is 1820. The number of carbonyl (C=O) groups is 2. The third kappa shape index (κ3) is 8.05. The molecule has 52 heavy (non-hydrogen) atoms. The zero-order valence-corrected chi connectivity index (χ0v) is 30.4. The highest BCUT2D eigenvalue weighted by molar-refractivity contribution is 6.24. The van der Waals surface area contributed by atoms with Gasteiger partial charge in [0.15, 0.2) is 11.6 Å². The van der Waals surface area contributed by atoms with Crippen molar-refractivity contribution in [3.63, 3.8) is 0 Å². The van der Waals surface area contributed by atoms with Crippen molar-refractivity contribution in [3.8, 4) is 11.3 Å². The van der Waals surface area contributed by atoms with Gasteiger partial charge in [0, 0.05) is 25.1 Å². The predicted octanol–water partition coefficient (Wildman–Crippen LogP) is 8.34. The van der Waals surface area contributed by atoms with Gasteiger partial charge in [0.25, 0.3) is 17.7 Å². The summed E-state index contributed by atoms with van der Waals surface area (Å²) in [5.74, 6) is -6.73. The summed E-state index contributed by atoms with van der Waals surface area (Å²) in [7, 11) is 3.61. The zero-order valence-electron chi connectivity index (χ0n) is 30.4. The number of halogens is 5. The molecule has 1 fully saturated rings. The Morgan fingerprint density at radius 1 is 1.00 bits per heavy atom. The average molecular weight is 727 g/mol. The van der Waals surface area contributed by atoms with Gasteiger partial charge in [-0.2, -0.15) is 8.78 Å². The maximum atomic E-state index is 15.6. The van der Waals surface area contributed by atoms with Gasteiger partial charge in [-0.15, -0.1) is 0 Å². The maximum Gasteiger partial charge on any atom is 0.287 e. The molecule has 2 aliphatic rings. The Labute approximate surface area is 301 Å². The van der Waals surface area contributed by atoms with E-state index in [2.05, 4.69) is 20.6 Å². The molecule has 1 aliphatic carbocycles. The highest BCUT2D eigenvalue weighted by Crippen LogP contribution is 2.46. The molecule has 0 saturated heterocycles. The molecule has 2 amide bonds. The summed E-state index contributed by atoms with van der Waals surface area (Å²) in [6.07, 6.45) is 6.47. The molecule has 1 aliphatic heterocycles. The molecule has 1 unspecified atom stereocenters. The van der Waals surface area contributed by atoms with Gasteiger partial charge in [-0.3, -0.25) is 14.6 Å². The van der Waals surface area contributed by atoms with Crippen LogP contribution in [0.4, 0.5) is 27.6 Å². The molecule has 1 spiro atoms. The number of nitrogens with zero attached hydrogens (tertiary/aromatic N) is 4. The molecule has 0 bridgehead atoms. The van der Waals surface area contributed by atoms with Crippen molar-refractivity contribution in [2.24, 2.45) is 0 Å². The number of hydrogen-bond donors (Lipinski definition) is 2. The second-order valence-corrected chi connectivity index (χ2v) is 14.0. The first-order chi connectivity index (χ1) is 24.7. The van der Waals surface area contributed by atoms with Crippen LogP contribution in [0.2, 0.25) is 0 Å². The van der Waals surface area contributed by atoms with Crippen LogP contribution in [-0.2, 0) is 28.5 Å². The number of carbonyl (C=O) groups excluding carboxylic acids is 2. The van der Waals surface area contributed by atoms with Crippen LogP contribution in [0, 0.1) is 11.6 Å². The number of unbranched alkanes of at least 4 members (excludes halogenated alkanes) is 3. The van der Waals surface area contributed by atoms with Crippen LogP contribution >= 0.6 is 0 Å². The van der Waals surface area contributed by atoms with Gasteiger partial charge in [0.1, 0.15) is 23.8 Å². The normalized spacial score (nSPS) is 17.0. The summed E-state index contributed by atoms with van der Waals surface area (Å²) in [5.41, 5.74) is -0.139. The number of aromatic nitrogens is 2. The minimum Gasteiger partial charge on any atom is -0.321 e. The molecule has 13 heteroatoms. The van der Waals surface area contributed by atoms with E-state index in [4.69, 9.17) is 0 Å². The van der Waals surface area contributed by atoms with Crippen LogP contribution < -0.4 is 10.6 Å². The number of amides is 2. The average Bonchev–Trinajstić information content (AvgIpc) is 3.61. The number of nitrogens with one attached hydrogen (secondary N) is 2. The third-order valence-corrected chi connectivity index (χ3v) is 10.5. The van der Waals surface area contributed by atoms with E-state index >= 15 is 8.78 Å². The molecule has 8 nitrogen and oxygen atoms in total.